The number of benzene rings is 2. The zero-order valence-electron chi connectivity index (χ0n) is 18.2. The van der Waals surface area contributed by atoms with Crippen LogP contribution in [0.2, 0.25) is 10.0 Å². The minimum absolute atomic E-state index is 0.0250. The molecule has 6 nitrogen and oxygen atoms in total. The molecule has 3 aromatic heterocycles. The Bertz CT molecular complexity index is 1610. The minimum atomic E-state index is -0.497. The first-order valence-corrected chi connectivity index (χ1v) is 11.4. The normalized spacial score (nSPS) is 12.2. The van der Waals surface area contributed by atoms with Gasteiger partial charge in [-0.1, -0.05) is 53.5 Å². The van der Waals surface area contributed by atoms with Gasteiger partial charge in [-0.15, -0.1) is 0 Å². The van der Waals surface area contributed by atoms with Crippen molar-refractivity contribution < 1.29 is 4.79 Å². The summed E-state index contributed by atoms with van der Waals surface area (Å²) in [5.41, 5.74) is 3.71. The average Bonchev–Trinajstić information content (AvgIpc) is 3.25. The van der Waals surface area contributed by atoms with Crippen molar-refractivity contribution in [2.75, 3.05) is 6.54 Å². The molecule has 0 saturated carbocycles. The number of rotatable bonds is 5. The summed E-state index contributed by atoms with van der Waals surface area (Å²) >= 11 is 12.7. The molecule has 5 rings (SSSR count). The fourth-order valence-corrected chi connectivity index (χ4v) is 4.72. The number of hydrogen-bond donors (Lipinski definition) is 2. The Morgan fingerprint density at radius 1 is 1.12 bits per heavy atom. The van der Waals surface area contributed by atoms with E-state index in [0.29, 0.717) is 15.7 Å². The van der Waals surface area contributed by atoms with Crippen molar-refractivity contribution in [3.8, 4) is 0 Å². The van der Waals surface area contributed by atoms with Crippen molar-refractivity contribution >= 4 is 45.7 Å². The van der Waals surface area contributed by atoms with Gasteiger partial charge in [0.1, 0.15) is 11.2 Å². The molecule has 1 unspecified atom stereocenters. The van der Waals surface area contributed by atoms with E-state index in [0.717, 1.165) is 27.6 Å². The second-order valence-corrected chi connectivity index (χ2v) is 8.97. The lowest BCUT2D eigenvalue weighted by Gasteiger charge is -2.19. The van der Waals surface area contributed by atoms with Crippen LogP contribution >= 0.6 is 23.2 Å². The molecule has 0 aliphatic carbocycles. The van der Waals surface area contributed by atoms with Crippen molar-refractivity contribution in [1.82, 2.24) is 19.7 Å². The van der Waals surface area contributed by atoms with E-state index in [1.54, 1.807) is 24.4 Å². The number of halogens is 2. The Labute approximate surface area is 205 Å². The highest BCUT2D eigenvalue weighted by atomic mass is 35.5. The quantitative estimate of drug-likeness (QED) is 0.348. The van der Waals surface area contributed by atoms with Crippen LogP contribution < -0.4 is 10.9 Å². The van der Waals surface area contributed by atoms with Crippen LogP contribution in [0, 0.1) is 6.92 Å². The number of hydrogen-bond acceptors (Lipinski definition) is 3. The van der Waals surface area contributed by atoms with Crippen molar-refractivity contribution in [2.45, 2.75) is 12.8 Å². The summed E-state index contributed by atoms with van der Waals surface area (Å²) in [6.45, 7) is 2.10. The number of amides is 1. The molecular weight excluding hydrogens is 471 g/mol. The smallest absolute Gasteiger partial charge is 0.270 e. The number of aromatic nitrogens is 3. The molecule has 0 aliphatic heterocycles. The van der Waals surface area contributed by atoms with Crippen LogP contribution in [0.1, 0.15) is 33.0 Å². The summed E-state index contributed by atoms with van der Waals surface area (Å²) in [6, 6.07) is 16.8. The number of nitrogens with zero attached hydrogens (tertiary/aromatic N) is 2. The minimum Gasteiger partial charge on any atom is -0.361 e. The molecule has 3 heterocycles. The highest BCUT2D eigenvalue weighted by Crippen LogP contribution is 2.35. The molecule has 170 valence electrons. The Morgan fingerprint density at radius 2 is 1.94 bits per heavy atom. The van der Waals surface area contributed by atoms with Crippen molar-refractivity contribution in [2.24, 2.45) is 0 Å². The Balaban J connectivity index is 1.51. The predicted octanol–water partition coefficient (Wildman–Crippen LogP) is 5.35. The topological polar surface area (TPSA) is 79.3 Å². The number of fused-ring (bicyclic) bond motifs is 2. The first-order chi connectivity index (χ1) is 16.4. The van der Waals surface area contributed by atoms with Crippen molar-refractivity contribution in [3.63, 3.8) is 0 Å². The van der Waals surface area contributed by atoms with E-state index >= 15 is 0 Å². The van der Waals surface area contributed by atoms with Gasteiger partial charge in [-0.05, 0) is 47.9 Å². The molecule has 0 aliphatic rings. The van der Waals surface area contributed by atoms with Gasteiger partial charge >= 0.3 is 0 Å². The number of aryl methyl sites for hydroxylation is 1. The van der Waals surface area contributed by atoms with Crippen LogP contribution in [0.25, 0.3) is 16.6 Å². The fourth-order valence-electron chi connectivity index (χ4n) is 4.18. The van der Waals surface area contributed by atoms with Gasteiger partial charge < -0.3 is 10.3 Å². The molecule has 34 heavy (non-hydrogen) atoms. The molecule has 8 heteroatoms. The Hall–Kier alpha value is -3.61. The second-order valence-electron chi connectivity index (χ2n) is 8.13. The summed E-state index contributed by atoms with van der Waals surface area (Å²) in [7, 11) is 0. The lowest BCUT2D eigenvalue weighted by molar-refractivity contribution is 0.0950. The number of H-pyrrole nitrogens is 1. The lowest BCUT2D eigenvalue weighted by Crippen LogP contribution is -2.34. The monoisotopic (exact) mass is 490 g/mol. The number of carbonyl (C=O) groups excluding carboxylic acids is 1. The third-order valence-electron chi connectivity index (χ3n) is 5.90. The van der Waals surface area contributed by atoms with E-state index in [2.05, 4.69) is 15.3 Å². The van der Waals surface area contributed by atoms with Crippen LogP contribution in [-0.4, -0.2) is 26.8 Å². The fraction of sp³-hybridized carbons (Fsp3) is 0.115. The number of pyridine rings is 1. The molecule has 2 aromatic carbocycles. The summed E-state index contributed by atoms with van der Waals surface area (Å²) in [5.74, 6) is -0.772. The van der Waals surface area contributed by atoms with Crippen LogP contribution in [-0.2, 0) is 0 Å². The Kier molecular flexibility index (Phi) is 5.86. The summed E-state index contributed by atoms with van der Waals surface area (Å²) in [4.78, 5) is 33.6. The van der Waals surface area contributed by atoms with Gasteiger partial charge in [0.05, 0.1) is 0 Å². The van der Waals surface area contributed by atoms with Crippen molar-refractivity contribution in [3.05, 3.63) is 116 Å². The molecule has 2 N–H and O–H groups in total. The van der Waals surface area contributed by atoms with Crippen LogP contribution in [0.3, 0.4) is 0 Å². The molecule has 0 radical (unpaired) electrons. The number of carbonyl (C=O) groups is 1. The van der Waals surface area contributed by atoms with Gasteiger partial charge in [0.2, 0.25) is 0 Å². The molecule has 1 atom stereocenters. The zero-order chi connectivity index (χ0) is 23.8. The largest absolute Gasteiger partial charge is 0.361 e. The highest BCUT2D eigenvalue weighted by molar-refractivity contribution is 6.35. The number of nitrogens with one attached hydrogen (secondary N) is 2. The zero-order valence-corrected chi connectivity index (χ0v) is 19.7. The van der Waals surface area contributed by atoms with E-state index in [9.17, 15) is 9.59 Å². The third-order valence-corrected chi connectivity index (χ3v) is 6.46. The lowest BCUT2D eigenvalue weighted by atomic mass is 9.90. The predicted molar refractivity (Wildman–Crippen MR) is 135 cm³/mol. The molecule has 1 amide bonds. The van der Waals surface area contributed by atoms with E-state index < -0.39 is 11.5 Å². The highest BCUT2D eigenvalue weighted by Gasteiger charge is 2.23. The van der Waals surface area contributed by atoms with Crippen molar-refractivity contribution in [1.29, 1.82) is 0 Å². The maximum atomic E-state index is 13.1. The third kappa shape index (κ3) is 4.06. The number of para-hydroxylation sites is 1. The standard InChI is InChI=1S/C26H20Cl2N4O2/c1-15-6-9-24-30-13-21(26(34)32(24)14-15)25(33)31-12-19(17-8-7-16(27)10-22(17)28)20-11-29-23-5-3-2-4-18(20)23/h2-11,13-14,19,29H,12H2,1H3,(H,31,33). The first-order valence-electron chi connectivity index (χ1n) is 10.7. The van der Waals surface area contributed by atoms with Gasteiger partial charge in [-0.25, -0.2) is 4.98 Å². The van der Waals surface area contributed by atoms with E-state index in [1.165, 1.54) is 10.6 Å². The number of aromatic amines is 1. The SMILES string of the molecule is Cc1ccc2ncc(C(=O)NCC(c3ccc(Cl)cc3Cl)c3c[nH]c4ccccc34)c(=O)n2c1. The average molecular weight is 491 g/mol. The summed E-state index contributed by atoms with van der Waals surface area (Å²) in [6.07, 6.45) is 4.91. The van der Waals surface area contributed by atoms with Gasteiger partial charge in [-0.3, -0.25) is 14.0 Å². The molecule has 0 bridgehead atoms. The van der Waals surface area contributed by atoms with Gasteiger partial charge in [0, 0.05) is 52.0 Å². The van der Waals surface area contributed by atoms with Crippen LogP contribution in [0.4, 0.5) is 0 Å². The summed E-state index contributed by atoms with van der Waals surface area (Å²) < 4.78 is 1.39. The maximum Gasteiger partial charge on any atom is 0.270 e. The molecule has 0 spiro atoms. The van der Waals surface area contributed by atoms with E-state index in [4.69, 9.17) is 23.2 Å². The maximum absolute atomic E-state index is 13.1. The van der Waals surface area contributed by atoms with Gasteiger partial charge in [-0.2, -0.15) is 0 Å². The van der Waals surface area contributed by atoms with E-state index in [1.807, 2.05) is 49.5 Å². The van der Waals surface area contributed by atoms with Crippen LogP contribution in [0.5, 0.6) is 0 Å². The molecule has 0 fully saturated rings. The van der Waals surface area contributed by atoms with E-state index in [-0.39, 0.29) is 18.0 Å². The molecule has 5 aromatic rings. The summed E-state index contributed by atoms with van der Waals surface area (Å²) in [5, 5.41) is 4.97. The van der Waals surface area contributed by atoms with Gasteiger partial charge in [0.25, 0.3) is 11.5 Å². The molecule has 0 saturated heterocycles. The van der Waals surface area contributed by atoms with Crippen LogP contribution in [0.15, 0.2) is 78.0 Å². The molecular formula is C26H20Cl2N4O2. The second kappa shape index (κ2) is 8.97. The first kappa shape index (κ1) is 22.2. The van der Waals surface area contributed by atoms with Gasteiger partial charge in [0.15, 0.2) is 0 Å². The Morgan fingerprint density at radius 3 is 2.76 bits per heavy atom.